The van der Waals surface area contributed by atoms with Crippen molar-refractivity contribution in [1.29, 1.82) is 0 Å². The first kappa shape index (κ1) is 11.8. The van der Waals surface area contributed by atoms with Crippen LogP contribution >= 0.6 is 0 Å². The summed E-state index contributed by atoms with van der Waals surface area (Å²) in [4.78, 5) is 4.42. The van der Waals surface area contributed by atoms with Gasteiger partial charge in [-0.15, -0.1) is 0 Å². The summed E-state index contributed by atoms with van der Waals surface area (Å²) in [5.41, 5.74) is 11.1. The van der Waals surface area contributed by atoms with Gasteiger partial charge < -0.3 is 5.73 Å². The number of hydrogen-bond acceptors (Lipinski definition) is 3. The van der Waals surface area contributed by atoms with Gasteiger partial charge in [-0.25, -0.2) is 9.67 Å². The fourth-order valence-corrected chi connectivity index (χ4v) is 2.46. The van der Waals surface area contributed by atoms with E-state index in [2.05, 4.69) is 29.1 Å². The second-order valence-corrected chi connectivity index (χ2v) is 4.71. The molecule has 0 amide bonds. The van der Waals surface area contributed by atoms with Gasteiger partial charge in [0, 0.05) is 7.05 Å². The van der Waals surface area contributed by atoms with Gasteiger partial charge >= 0.3 is 0 Å². The lowest BCUT2D eigenvalue weighted by Gasteiger charge is -2.08. The largest absolute Gasteiger partial charge is 0.369 e. The molecule has 0 saturated carbocycles. The fourth-order valence-electron chi connectivity index (χ4n) is 2.46. The number of anilines is 1. The quantitative estimate of drug-likeness (QED) is 0.763. The second kappa shape index (κ2) is 4.12. The molecule has 0 aliphatic rings. The summed E-state index contributed by atoms with van der Waals surface area (Å²) in [7, 11) is 1.91. The summed E-state index contributed by atoms with van der Waals surface area (Å²) >= 11 is 0. The highest BCUT2D eigenvalue weighted by atomic mass is 15.3. The van der Waals surface area contributed by atoms with Crippen LogP contribution < -0.4 is 5.73 Å². The molecule has 0 unspecified atom stereocenters. The monoisotopic (exact) mass is 255 g/mol. The average molecular weight is 255 g/mol. The number of fused-ring (bicyclic) bond motifs is 1. The van der Waals surface area contributed by atoms with Crippen LogP contribution in [0.1, 0.15) is 18.2 Å². The van der Waals surface area contributed by atoms with E-state index in [1.165, 1.54) is 5.56 Å². The van der Waals surface area contributed by atoms with E-state index in [0.717, 1.165) is 29.0 Å². The first-order valence-corrected chi connectivity index (χ1v) is 6.38. The summed E-state index contributed by atoms with van der Waals surface area (Å²) in [6, 6.07) is 8.34. The van der Waals surface area contributed by atoms with Gasteiger partial charge in [-0.2, -0.15) is 5.10 Å². The molecule has 0 saturated heterocycles. The smallest absolute Gasteiger partial charge is 0.207 e. The third-order valence-electron chi connectivity index (χ3n) is 3.41. The Morgan fingerprint density at radius 2 is 2.11 bits per heavy atom. The summed E-state index contributed by atoms with van der Waals surface area (Å²) in [5, 5.41) is 4.40. The van der Waals surface area contributed by atoms with Crippen molar-refractivity contribution in [3.05, 3.63) is 35.5 Å². The van der Waals surface area contributed by atoms with E-state index >= 15 is 0 Å². The number of nitrogens with zero attached hydrogens (tertiary/aromatic N) is 4. The van der Waals surface area contributed by atoms with E-state index in [1.54, 1.807) is 0 Å². The molecule has 0 bridgehead atoms. The topological polar surface area (TPSA) is 61.7 Å². The first-order chi connectivity index (χ1) is 9.11. The minimum atomic E-state index is 0.499. The van der Waals surface area contributed by atoms with Crippen molar-refractivity contribution < 1.29 is 0 Å². The van der Waals surface area contributed by atoms with Gasteiger partial charge in [0.15, 0.2) is 5.65 Å². The maximum absolute atomic E-state index is 6.07. The molecule has 0 fully saturated rings. The Morgan fingerprint density at radius 1 is 1.32 bits per heavy atom. The van der Waals surface area contributed by atoms with Crippen LogP contribution in [-0.2, 0) is 13.5 Å². The summed E-state index contributed by atoms with van der Waals surface area (Å²) in [5.74, 6) is 0.499. The Bertz CT molecular complexity index is 751. The molecular formula is C14H17N5. The molecule has 5 heteroatoms. The Kier molecular flexibility index (Phi) is 2.55. The molecule has 0 radical (unpaired) electrons. The van der Waals surface area contributed by atoms with Crippen LogP contribution in [0.2, 0.25) is 0 Å². The number of benzene rings is 1. The minimum Gasteiger partial charge on any atom is -0.369 e. The van der Waals surface area contributed by atoms with Crippen LogP contribution in [0.5, 0.6) is 0 Å². The molecule has 1 aromatic carbocycles. The SMILES string of the molecule is CCc1cccc(-n2c(N)nc3c(C)nn(C)c32)c1. The molecule has 2 N–H and O–H groups in total. The third-order valence-corrected chi connectivity index (χ3v) is 3.41. The van der Waals surface area contributed by atoms with Gasteiger partial charge in [0.2, 0.25) is 5.95 Å². The van der Waals surface area contributed by atoms with Crippen molar-refractivity contribution in [3.63, 3.8) is 0 Å². The van der Waals surface area contributed by atoms with Crippen molar-refractivity contribution in [1.82, 2.24) is 19.3 Å². The van der Waals surface area contributed by atoms with Crippen LogP contribution in [0.4, 0.5) is 5.95 Å². The van der Waals surface area contributed by atoms with E-state index in [4.69, 9.17) is 5.73 Å². The number of hydrogen-bond donors (Lipinski definition) is 1. The van der Waals surface area contributed by atoms with Crippen LogP contribution in [0.3, 0.4) is 0 Å². The first-order valence-electron chi connectivity index (χ1n) is 6.38. The van der Waals surface area contributed by atoms with Gasteiger partial charge in [-0.1, -0.05) is 19.1 Å². The van der Waals surface area contributed by atoms with Crippen molar-refractivity contribution in [2.24, 2.45) is 7.05 Å². The van der Waals surface area contributed by atoms with Crippen molar-refractivity contribution >= 4 is 17.1 Å². The Morgan fingerprint density at radius 3 is 2.84 bits per heavy atom. The van der Waals surface area contributed by atoms with E-state index in [9.17, 15) is 0 Å². The number of aryl methyl sites for hydroxylation is 3. The number of imidazole rings is 1. The van der Waals surface area contributed by atoms with E-state index in [0.29, 0.717) is 5.95 Å². The van der Waals surface area contributed by atoms with Gasteiger partial charge in [0.1, 0.15) is 5.52 Å². The third kappa shape index (κ3) is 1.69. The number of rotatable bonds is 2. The number of aromatic nitrogens is 4. The maximum Gasteiger partial charge on any atom is 0.207 e. The number of nitrogen functional groups attached to an aromatic ring is 1. The highest BCUT2D eigenvalue weighted by Gasteiger charge is 2.16. The molecule has 19 heavy (non-hydrogen) atoms. The Balaban J connectivity index is 2.32. The minimum absolute atomic E-state index is 0.499. The van der Waals surface area contributed by atoms with Crippen molar-refractivity contribution in [2.45, 2.75) is 20.3 Å². The lowest BCUT2D eigenvalue weighted by Crippen LogP contribution is -2.05. The van der Waals surface area contributed by atoms with Crippen LogP contribution in [0, 0.1) is 6.92 Å². The standard InChI is InChI=1S/C14H17N5/c1-4-10-6-5-7-11(8-10)19-13-12(16-14(19)15)9(2)17-18(13)3/h5-8H,4H2,1-3H3,(H2,15,16). The van der Waals surface area contributed by atoms with E-state index < -0.39 is 0 Å². The summed E-state index contributed by atoms with van der Waals surface area (Å²) < 4.78 is 3.78. The number of nitrogens with two attached hydrogens (primary N) is 1. The molecule has 5 nitrogen and oxygen atoms in total. The molecule has 98 valence electrons. The lowest BCUT2D eigenvalue weighted by molar-refractivity contribution is 0.762. The zero-order valence-corrected chi connectivity index (χ0v) is 11.4. The van der Waals surface area contributed by atoms with Crippen LogP contribution in [0.25, 0.3) is 16.9 Å². The van der Waals surface area contributed by atoms with E-state index in [-0.39, 0.29) is 0 Å². The van der Waals surface area contributed by atoms with Crippen LogP contribution in [0.15, 0.2) is 24.3 Å². The van der Waals surface area contributed by atoms with Crippen LogP contribution in [-0.4, -0.2) is 19.3 Å². The fraction of sp³-hybridized carbons (Fsp3) is 0.286. The zero-order valence-electron chi connectivity index (χ0n) is 11.4. The second-order valence-electron chi connectivity index (χ2n) is 4.71. The molecule has 3 rings (SSSR count). The van der Waals surface area contributed by atoms with Gasteiger partial charge in [0.05, 0.1) is 11.4 Å². The summed E-state index contributed by atoms with van der Waals surface area (Å²) in [6.45, 7) is 4.09. The molecule has 0 aliphatic carbocycles. The normalized spacial score (nSPS) is 11.3. The van der Waals surface area contributed by atoms with Gasteiger partial charge in [-0.05, 0) is 31.0 Å². The van der Waals surface area contributed by atoms with Crippen molar-refractivity contribution in [3.8, 4) is 5.69 Å². The Hall–Kier alpha value is -2.30. The average Bonchev–Trinajstić information content (AvgIpc) is 2.88. The highest BCUT2D eigenvalue weighted by molar-refractivity contribution is 5.80. The Labute approximate surface area is 111 Å². The predicted molar refractivity (Wildman–Crippen MR) is 76.4 cm³/mol. The lowest BCUT2D eigenvalue weighted by atomic mass is 10.1. The van der Waals surface area contributed by atoms with E-state index in [1.807, 2.05) is 35.4 Å². The molecule has 0 atom stereocenters. The molecule has 2 aromatic heterocycles. The molecule has 2 heterocycles. The van der Waals surface area contributed by atoms with Gasteiger partial charge in [0.25, 0.3) is 0 Å². The van der Waals surface area contributed by atoms with Gasteiger partial charge in [-0.3, -0.25) is 4.57 Å². The maximum atomic E-state index is 6.07. The molecule has 0 spiro atoms. The molecular weight excluding hydrogens is 238 g/mol. The summed E-state index contributed by atoms with van der Waals surface area (Å²) in [6.07, 6.45) is 0.996. The highest BCUT2D eigenvalue weighted by Crippen LogP contribution is 2.25. The zero-order chi connectivity index (χ0) is 13.6. The molecule has 3 aromatic rings. The predicted octanol–water partition coefficient (Wildman–Crippen LogP) is 2.21. The van der Waals surface area contributed by atoms with Crippen molar-refractivity contribution in [2.75, 3.05) is 5.73 Å². The molecule has 0 aliphatic heterocycles.